The van der Waals surface area contributed by atoms with Crippen LogP contribution in [0, 0.1) is 17.8 Å². The zero-order valence-corrected chi connectivity index (χ0v) is 15.7. The van der Waals surface area contributed by atoms with Crippen LogP contribution in [0.15, 0.2) is 54.6 Å². The average molecular weight is 380 g/mol. The zero-order chi connectivity index (χ0) is 20.1. The van der Waals surface area contributed by atoms with E-state index in [1.54, 1.807) is 24.3 Å². The Morgan fingerprint density at radius 1 is 1.11 bits per heavy atom. The van der Waals surface area contributed by atoms with Gasteiger partial charge in [-0.1, -0.05) is 43.3 Å². The zero-order valence-electron chi connectivity index (χ0n) is 15.7. The highest BCUT2D eigenvalue weighted by molar-refractivity contribution is 5.98. The number of anilines is 1. The molecule has 3 unspecified atom stereocenters. The minimum atomic E-state index is -0.955. The third-order valence-corrected chi connectivity index (χ3v) is 5.02. The summed E-state index contributed by atoms with van der Waals surface area (Å²) in [6, 6.07) is 16.0. The maximum Gasteiger partial charge on any atom is 0.308 e. The molecule has 0 radical (unpaired) electrons. The van der Waals surface area contributed by atoms with Crippen LogP contribution in [0.1, 0.15) is 29.3 Å². The normalized spacial score (nSPS) is 18.8. The fraction of sp³-hybridized carbons (Fsp3) is 0.318. The van der Waals surface area contributed by atoms with E-state index in [2.05, 4.69) is 10.6 Å². The summed E-state index contributed by atoms with van der Waals surface area (Å²) < 4.78 is 0. The summed E-state index contributed by atoms with van der Waals surface area (Å²) >= 11 is 0. The quantitative estimate of drug-likeness (QED) is 0.656. The second-order valence-electron chi connectivity index (χ2n) is 7.32. The number of benzene rings is 2. The first-order chi connectivity index (χ1) is 13.4. The van der Waals surface area contributed by atoms with Crippen molar-refractivity contribution >= 4 is 23.5 Å². The van der Waals surface area contributed by atoms with Crippen molar-refractivity contribution in [2.75, 3.05) is 11.9 Å². The van der Waals surface area contributed by atoms with Crippen LogP contribution < -0.4 is 10.6 Å². The highest BCUT2D eigenvalue weighted by Crippen LogP contribution is 2.38. The van der Waals surface area contributed by atoms with Crippen LogP contribution in [0.5, 0.6) is 0 Å². The molecule has 3 N–H and O–H groups in total. The molecule has 28 heavy (non-hydrogen) atoms. The summed E-state index contributed by atoms with van der Waals surface area (Å²) in [6.07, 6.45) is 1.23. The summed E-state index contributed by atoms with van der Waals surface area (Å²) in [7, 11) is 0. The molecule has 0 spiro atoms. The first-order valence-corrected chi connectivity index (χ1v) is 9.40. The Labute approximate surface area is 164 Å². The van der Waals surface area contributed by atoms with Crippen LogP contribution >= 0.6 is 0 Å². The van der Waals surface area contributed by atoms with E-state index < -0.39 is 11.9 Å². The van der Waals surface area contributed by atoms with Crippen molar-refractivity contribution in [2.45, 2.75) is 19.8 Å². The van der Waals surface area contributed by atoms with Gasteiger partial charge in [0, 0.05) is 23.7 Å². The van der Waals surface area contributed by atoms with Gasteiger partial charge in [-0.15, -0.1) is 0 Å². The Hall–Kier alpha value is -3.15. The molecular formula is C22H24N2O4. The highest BCUT2D eigenvalue weighted by atomic mass is 16.4. The Balaban J connectivity index is 1.58. The lowest BCUT2D eigenvalue weighted by atomic mass is 9.99. The highest BCUT2D eigenvalue weighted by Gasteiger charge is 2.39. The van der Waals surface area contributed by atoms with Crippen LogP contribution in [0.2, 0.25) is 0 Å². The molecule has 1 saturated carbocycles. The lowest BCUT2D eigenvalue weighted by Gasteiger charge is -2.14. The molecular weight excluding hydrogens is 356 g/mol. The number of carboxylic acid groups (broad SMARTS) is 1. The van der Waals surface area contributed by atoms with Gasteiger partial charge in [-0.05, 0) is 42.5 Å². The Bertz CT molecular complexity index is 866. The number of rotatable bonds is 8. The second-order valence-corrected chi connectivity index (χ2v) is 7.32. The van der Waals surface area contributed by atoms with Crippen LogP contribution in [0.3, 0.4) is 0 Å². The van der Waals surface area contributed by atoms with Gasteiger partial charge >= 0.3 is 5.97 Å². The molecule has 0 heterocycles. The van der Waals surface area contributed by atoms with Crippen molar-refractivity contribution in [3.8, 4) is 0 Å². The van der Waals surface area contributed by atoms with E-state index >= 15 is 0 Å². The SMILES string of the molecule is CC1CC1C(=O)Nc1cccc(C(=O)NCC(Cc2ccccc2)C(=O)O)c1. The predicted octanol–water partition coefficient (Wildman–Crippen LogP) is 2.95. The molecule has 0 saturated heterocycles. The van der Waals surface area contributed by atoms with E-state index in [1.165, 1.54) is 0 Å². The van der Waals surface area contributed by atoms with Crippen molar-refractivity contribution in [2.24, 2.45) is 17.8 Å². The lowest BCUT2D eigenvalue weighted by Crippen LogP contribution is -2.34. The Kier molecular flexibility index (Phi) is 6.09. The van der Waals surface area contributed by atoms with Crippen molar-refractivity contribution in [1.82, 2.24) is 5.32 Å². The minimum absolute atomic E-state index is 0.0270. The summed E-state index contributed by atoms with van der Waals surface area (Å²) in [5, 5.41) is 15.0. The number of amides is 2. The maximum absolute atomic E-state index is 12.4. The molecule has 2 amide bonds. The van der Waals surface area contributed by atoms with Crippen molar-refractivity contribution in [1.29, 1.82) is 0 Å². The smallest absolute Gasteiger partial charge is 0.308 e. The summed E-state index contributed by atoms with van der Waals surface area (Å²) in [4.78, 5) is 36.0. The number of carbonyl (C=O) groups excluding carboxylic acids is 2. The third-order valence-electron chi connectivity index (χ3n) is 5.02. The molecule has 6 nitrogen and oxygen atoms in total. The molecule has 1 fully saturated rings. The Morgan fingerprint density at radius 2 is 1.82 bits per heavy atom. The molecule has 1 aliphatic rings. The van der Waals surface area contributed by atoms with Crippen molar-refractivity contribution < 1.29 is 19.5 Å². The third kappa shape index (κ3) is 5.19. The van der Waals surface area contributed by atoms with Gasteiger partial charge in [0.1, 0.15) is 0 Å². The molecule has 2 aromatic rings. The van der Waals surface area contributed by atoms with E-state index in [9.17, 15) is 19.5 Å². The van der Waals surface area contributed by atoms with Gasteiger partial charge in [-0.2, -0.15) is 0 Å². The maximum atomic E-state index is 12.4. The summed E-state index contributed by atoms with van der Waals surface area (Å²) in [6.45, 7) is 2.06. The van der Waals surface area contributed by atoms with Gasteiger partial charge in [0.25, 0.3) is 5.91 Å². The number of carboxylic acids is 1. The largest absolute Gasteiger partial charge is 0.481 e. The number of hydrogen-bond donors (Lipinski definition) is 3. The topological polar surface area (TPSA) is 95.5 Å². The predicted molar refractivity (Wildman–Crippen MR) is 106 cm³/mol. The molecule has 6 heteroatoms. The van der Waals surface area contributed by atoms with E-state index in [-0.39, 0.29) is 24.3 Å². The minimum Gasteiger partial charge on any atom is -0.481 e. The number of carbonyl (C=O) groups is 3. The van der Waals surface area contributed by atoms with Crippen LogP contribution in [-0.2, 0) is 16.0 Å². The van der Waals surface area contributed by atoms with Crippen molar-refractivity contribution in [3.63, 3.8) is 0 Å². The van der Waals surface area contributed by atoms with Crippen LogP contribution in [-0.4, -0.2) is 29.4 Å². The number of nitrogens with one attached hydrogen (secondary N) is 2. The van der Waals surface area contributed by atoms with E-state index in [0.717, 1.165) is 12.0 Å². The monoisotopic (exact) mass is 380 g/mol. The fourth-order valence-corrected chi connectivity index (χ4v) is 3.12. The van der Waals surface area contributed by atoms with Crippen LogP contribution in [0.4, 0.5) is 5.69 Å². The first kappa shape index (κ1) is 19.6. The van der Waals surface area contributed by atoms with Gasteiger partial charge in [0.05, 0.1) is 5.92 Å². The van der Waals surface area contributed by atoms with E-state index in [4.69, 9.17) is 0 Å². The van der Waals surface area contributed by atoms with Gasteiger partial charge < -0.3 is 15.7 Å². The lowest BCUT2D eigenvalue weighted by molar-refractivity contribution is -0.141. The molecule has 0 aliphatic heterocycles. The number of aliphatic carboxylic acids is 1. The Morgan fingerprint density at radius 3 is 2.46 bits per heavy atom. The second kappa shape index (κ2) is 8.69. The molecule has 0 aromatic heterocycles. The molecule has 3 rings (SSSR count). The molecule has 2 aromatic carbocycles. The standard InChI is InChI=1S/C22H24N2O4/c1-14-10-19(14)21(26)24-18-9-5-8-16(12-18)20(25)23-13-17(22(27)28)11-15-6-3-2-4-7-15/h2-9,12,14,17,19H,10-11,13H2,1H3,(H,23,25)(H,24,26)(H,27,28). The van der Waals surface area contributed by atoms with E-state index in [1.807, 2.05) is 37.3 Å². The first-order valence-electron chi connectivity index (χ1n) is 9.40. The van der Waals surface area contributed by atoms with Gasteiger partial charge in [0.15, 0.2) is 0 Å². The van der Waals surface area contributed by atoms with Crippen molar-refractivity contribution in [3.05, 3.63) is 65.7 Å². The summed E-state index contributed by atoms with van der Waals surface area (Å²) in [5.74, 6) is -1.61. The molecule has 1 aliphatic carbocycles. The fourth-order valence-electron chi connectivity index (χ4n) is 3.12. The molecule has 0 bridgehead atoms. The average Bonchev–Trinajstić information content (AvgIpc) is 3.42. The van der Waals surface area contributed by atoms with Gasteiger partial charge in [0.2, 0.25) is 5.91 Å². The summed E-state index contributed by atoms with van der Waals surface area (Å²) in [5.41, 5.74) is 1.85. The van der Waals surface area contributed by atoms with E-state index in [0.29, 0.717) is 23.6 Å². The molecule has 146 valence electrons. The van der Waals surface area contributed by atoms with Crippen LogP contribution in [0.25, 0.3) is 0 Å². The van der Waals surface area contributed by atoms with Gasteiger partial charge in [-0.3, -0.25) is 14.4 Å². The molecule has 3 atom stereocenters. The number of hydrogen-bond acceptors (Lipinski definition) is 3. The van der Waals surface area contributed by atoms with Gasteiger partial charge in [-0.25, -0.2) is 0 Å².